The van der Waals surface area contributed by atoms with Gasteiger partial charge in [-0.25, -0.2) is 0 Å². The number of benzene rings is 1. The van der Waals surface area contributed by atoms with Gasteiger partial charge in [0.25, 0.3) is 10.1 Å². The first kappa shape index (κ1) is 19.8. The molecule has 0 aliphatic carbocycles. The van der Waals surface area contributed by atoms with Gasteiger partial charge in [0.15, 0.2) is 5.50 Å². The number of ketones is 1. The number of nitrogens with two attached hydrogens (primary N) is 1. The van der Waals surface area contributed by atoms with Crippen molar-refractivity contribution in [2.75, 3.05) is 0 Å². The van der Waals surface area contributed by atoms with Gasteiger partial charge in [-0.2, -0.15) is 8.42 Å². The molecule has 0 spiro atoms. The normalized spacial score (nSPS) is 21.5. The lowest BCUT2D eigenvalue weighted by molar-refractivity contribution is -0.126. The number of hydrogen-bond donors (Lipinski definition) is 1. The van der Waals surface area contributed by atoms with Gasteiger partial charge in [0, 0.05) is 9.57 Å². The Hall–Kier alpha value is -1.54. The number of rotatable bonds is 5. The highest BCUT2D eigenvalue weighted by Crippen LogP contribution is 2.37. The minimum atomic E-state index is -4.61. The van der Waals surface area contributed by atoms with Crippen LogP contribution in [0.15, 0.2) is 35.9 Å². The van der Waals surface area contributed by atoms with Gasteiger partial charge in [-0.3, -0.25) is 4.79 Å². The standard InChI is InChI=1S/C14H13B3ClNO5S/c1-7(2)14(16,17)25(21,22)24-10-11(20)13(15,23-12(10)19)8-3-5-9(18)6-4-8/h3-7H,19H2,1-2H3/t13-/m1/s1. The van der Waals surface area contributed by atoms with Crippen LogP contribution in [0.4, 0.5) is 0 Å². The van der Waals surface area contributed by atoms with Crippen molar-refractivity contribution in [3.05, 3.63) is 46.5 Å². The number of ether oxygens (including phenoxy) is 1. The molecule has 0 saturated carbocycles. The van der Waals surface area contributed by atoms with Gasteiger partial charge in [0.1, 0.15) is 7.85 Å². The Balaban J connectivity index is 2.37. The van der Waals surface area contributed by atoms with Crippen LogP contribution in [0, 0.1) is 5.92 Å². The molecule has 1 aliphatic heterocycles. The monoisotopic (exact) mass is 375 g/mol. The molecule has 2 N–H and O–H groups in total. The maximum Gasteiger partial charge on any atom is 0.298 e. The van der Waals surface area contributed by atoms with Crippen molar-refractivity contribution in [3.63, 3.8) is 0 Å². The molecular formula is C14H13B3ClNO5S. The molecular weight excluding hydrogens is 362 g/mol. The topological polar surface area (TPSA) is 95.7 Å². The van der Waals surface area contributed by atoms with Crippen LogP contribution in [0.5, 0.6) is 0 Å². The lowest BCUT2D eigenvalue weighted by Crippen LogP contribution is -2.46. The van der Waals surface area contributed by atoms with Crippen LogP contribution in [0.25, 0.3) is 0 Å². The van der Waals surface area contributed by atoms with Crippen molar-refractivity contribution in [2.24, 2.45) is 11.7 Å². The Morgan fingerprint density at radius 1 is 1.28 bits per heavy atom. The van der Waals surface area contributed by atoms with Gasteiger partial charge in [-0.15, -0.1) is 0 Å². The van der Waals surface area contributed by atoms with Gasteiger partial charge in [0.05, 0.1) is 15.7 Å². The SMILES string of the molecule is [B]C([B])(C(C)C)S(=O)(=O)OC1=C(N)O[C@]([B])(c2ccc(Cl)cc2)C1=O. The summed E-state index contributed by atoms with van der Waals surface area (Å²) in [4.78, 5) is 12.6. The van der Waals surface area contributed by atoms with E-state index < -0.39 is 43.5 Å². The maximum absolute atomic E-state index is 12.6. The maximum atomic E-state index is 12.6. The van der Waals surface area contributed by atoms with Crippen molar-refractivity contribution in [3.8, 4) is 0 Å². The summed E-state index contributed by atoms with van der Waals surface area (Å²) >= 11 is 5.79. The molecule has 6 nitrogen and oxygen atoms in total. The molecule has 2 rings (SSSR count). The van der Waals surface area contributed by atoms with Crippen LogP contribution in [-0.2, 0) is 29.3 Å². The largest absolute Gasteiger partial charge is 0.467 e. The van der Waals surface area contributed by atoms with E-state index in [1.807, 2.05) is 0 Å². The minimum Gasteiger partial charge on any atom is -0.467 e. The summed E-state index contributed by atoms with van der Waals surface area (Å²) in [5.41, 5.74) is 3.75. The van der Waals surface area contributed by atoms with Crippen molar-refractivity contribution >= 4 is 51.0 Å². The third kappa shape index (κ3) is 3.29. The minimum absolute atomic E-state index is 0.205. The summed E-state index contributed by atoms with van der Waals surface area (Å²) < 4.78 is 32.3. The average Bonchev–Trinajstić information content (AvgIpc) is 2.71. The van der Waals surface area contributed by atoms with E-state index >= 15 is 0 Å². The Morgan fingerprint density at radius 2 is 1.80 bits per heavy atom. The second kappa shape index (κ2) is 6.32. The van der Waals surface area contributed by atoms with E-state index in [-0.39, 0.29) is 5.56 Å². The summed E-state index contributed by atoms with van der Waals surface area (Å²) in [6.45, 7) is 2.96. The molecule has 0 amide bonds. The third-order valence-corrected chi connectivity index (χ3v) is 5.82. The number of halogens is 1. The molecule has 1 aromatic carbocycles. The van der Waals surface area contributed by atoms with Crippen molar-refractivity contribution in [1.29, 1.82) is 0 Å². The first-order chi connectivity index (χ1) is 11.3. The Labute approximate surface area is 155 Å². The highest BCUT2D eigenvalue weighted by molar-refractivity contribution is 7.91. The number of carbonyl (C=O) groups is 1. The third-order valence-electron chi connectivity index (χ3n) is 3.84. The van der Waals surface area contributed by atoms with Gasteiger partial charge >= 0.3 is 0 Å². The summed E-state index contributed by atoms with van der Waals surface area (Å²) in [7, 11) is 12.6. The van der Waals surface area contributed by atoms with Crippen molar-refractivity contribution in [1.82, 2.24) is 0 Å². The Morgan fingerprint density at radius 3 is 2.28 bits per heavy atom. The second-order valence-electron chi connectivity index (χ2n) is 5.91. The highest BCUT2D eigenvalue weighted by atomic mass is 35.5. The van der Waals surface area contributed by atoms with E-state index in [9.17, 15) is 13.2 Å². The molecule has 0 aromatic heterocycles. The zero-order valence-corrected chi connectivity index (χ0v) is 15.1. The average molecular weight is 375 g/mol. The molecule has 0 saturated heterocycles. The first-order valence-electron chi connectivity index (χ1n) is 7.13. The number of hydrogen-bond acceptors (Lipinski definition) is 6. The lowest BCUT2D eigenvalue weighted by Gasteiger charge is -2.29. The molecule has 0 bridgehead atoms. The molecule has 11 heteroatoms. The fourth-order valence-corrected chi connectivity index (χ4v) is 3.21. The van der Waals surface area contributed by atoms with E-state index in [4.69, 9.17) is 49.8 Å². The smallest absolute Gasteiger partial charge is 0.298 e. The van der Waals surface area contributed by atoms with Gasteiger partial charge in [-0.05, 0) is 23.6 Å². The van der Waals surface area contributed by atoms with Gasteiger partial charge in [-0.1, -0.05) is 37.6 Å². The van der Waals surface area contributed by atoms with E-state index in [0.717, 1.165) is 0 Å². The van der Waals surface area contributed by atoms with E-state index in [0.29, 0.717) is 5.02 Å². The summed E-state index contributed by atoms with van der Waals surface area (Å²) in [5, 5.41) is 0.408. The molecule has 1 aliphatic rings. The van der Waals surface area contributed by atoms with Crippen molar-refractivity contribution < 1.29 is 22.1 Å². The first-order valence-corrected chi connectivity index (χ1v) is 8.92. The van der Waals surface area contributed by atoms with Crippen LogP contribution in [-0.4, -0.2) is 42.3 Å². The predicted molar refractivity (Wildman–Crippen MR) is 95.3 cm³/mol. The number of Topliss-reactive ketones (excluding diaryl/α,β-unsaturated/α-hetero) is 1. The quantitative estimate of drug-likeness (QED) is 0.591. The summed E-state index contributed by atoms with van der Waals surface area (Å²) in [5.74, 6) is -3.07. The lowest BCUT2D eigenvalue weighted by atomic mass is 9.63. The van der Waals surface area contributed by atoms with Crippen LogP contribution in [0.2, 0.25) is 5.02 Å². The van der Waals surface area contributed by atoms with Crippen molar-refractivity contribution in [2.45, 2.75) is 23.9 Å². The molecule has 1 atom stereocenters. The molecule has 1 aromatic rings. The molecule has 0 fully saturated rings. The molecule has 0 unspecified atom stereocenters. The van der Waals surface area contributed by atoms with Crippen LogP contribution < -0.4 is 5.73 Å². The van der Waals surface area contributed by atoms with Crippen LogP contribution >= 0.6 is 11.6 Å². The molecule has 25 heavy (non-hydrogen) atoms. The van der Waals surface area contributed by atoms with Crippen LogP contribution in [0.3, 0.4) is 0 Å². The fraction of sp³-hybridized carbons (Fsp3) is 0.357. The van der Waals surface area contributed by atoms with E-state index in [1.165, 1.54) is 38.1 Å². The predicted octanol–water partition coefficient (Wildman–Crippen LogP) is 0.382. The molecule has 6 radical (unpaired) electrons. The zero-order valence-electron chi connectivity index (χ0n) is 13.5. The molecule has 126 valence electrons. The van der Waals surface area contributed by atoms with E-state index in [2.05, 4.69) is 0 Å². The second-order valence-corrected chi connectivity index (χ2v) is 8.13. The zero-order chi connectivity index (χ0) is 19.2. The Kier molecular flexibility index (Phi) is 5.00. The fourth-order valence-electron chi connectivity index (χ4n) is 1.98. The molecule has 1 heterocycles. The van der Waals surface area contributed by atoms with Gasteiger partial charge < -0.3 is 14.7 Å². The van der Waals surface area contributed by atoms with E-state index in [1.54, 1.807) is 0 Å². The summed E-state index contributed by atoms with van der Waals surface area (Å²) in [6, 6.07) is 5.85. The highest BCUT2D eigenvalue weighted by Gasteiger charge is 2.50. The van der Waals surface area contributed by atoms with Gasteiger partial charge in [0.2, 0.25) is 17.4 Å². The number of carbonyl (C=O) groups excluding carboxylic acids is 1. The summed E-state index contributed by atoms with van der Waals surface area (Å²) in [6.07, 6.45) is 0. The van der Waals surface area contributed by atoms with Crippen LogP contribution in [0.1, 0.15) is 19.4 Å². The Bertz CT molecular complexity index is 839.